The molecule has 4 amide bonds. The van der Waals surface area contributed by atoms with Crippen LogP contribution in [0.5, 0.6) is 0 Å². The highest BCUT2D eigenvalue weighted by atomic mass is 16.2. The molecular weight excluding hydrogens is 669 g/mol. The van der Waals surface area contributed by atoms with E-state index in [4.69, 9.17) is 0 Å². The zero-order valence-corrected chi connectivity index (χ0v) is 30.8. The van der Waals surface area contributed by atoms with Gasteiger partial charge in [-0.1, -0.05) is 101 Å². The lowest BCUT2D eigenvalue weighted by Gasteiger charge is -2.30. The molecule has 0 saturated carbocycles. The number of hydrogen-bond donors (Lipinski definition) is 0. The van der Waals surface area contributed by atoms with E-state index in [1.54, 1.807) is 0 Å². The summed E-state index contributed by atoms with van der Waals surface area (Å²) in [5, 5.41) is 6.48. The van der Waals surface area contributed by atoms with Crippen molar-refractivity contribution >= 4 is 78.1 Å². The number of carbonyl (C=O) groups is 4. The van der Waals surface area contributed by atoms with Gasteiger partial charge in [0, 0.05) is 33.0 Å². The number of anilines is 2. The minimum Gasteiger partial charge on any atom is -0.268 e. The Balaban J connectivity index is 1.10. The first-order valence-corrected chi connectivity index (χ1v) is 19.6. The Hall–Kier alpha value is -5.88. The van der Waals surface area contributed by atoms with E-state index in [1.165, 1.54) is 59.5 Å². The van der Waals surface area contributed by atoms with Crippen LogP contribution in [0.1, 0.15) is 118 Å². The summed E-state index contributed by atoms with van der Waals surface area (Å²) >= 11 is 0. The number of imide groups is 2. The van der Waals surface area contributed by atoms with Crippen LogP contribution in [0.3, 0.4) is 0 Å². The SMILES string of the molecule is CCCCCCc1ccc(N2C(=O)c3ccc4c5ccc6c7c(ccc(c8ccc(c3c48)C2=O)c75)C(=O)N(c2ccc(CCCCCC)cc2)C6=O)cc1. The topological polar surface area (TPSA) is 74.8 Å². The molecule has 0 bridgehead atoms. The Morgan fingerprint density at radius 1 is 0.352 bits per heavy atom. The zero-order chi connectivity index (χ0) is 37.1. The third-order valence-corrected chi connectivity index (χ3v) is 11.7. The summed E-state index contributed by atoms with van der Waals surface area (Å²) in [6, 6.07) is 30.7. The van der Waals surface area contributed by atoms with Crippen molar-refractivity contribution < 1.29 is 19.2 Å². The van der Waals surface area contributed by atoms with Gasteiger partial charge in [-0.25, -0.2) is 9.80 Å². The van der Waals surface area contributed by atoms with Crippen LogP contribution in [0.4, 0.5) is 11.4 Å². The Labute approximate surface area is 314 Å². The van der Waals surface area contributed by atoms with Gasteiger partial charge in [0.2, 0.25) is 0 Å². The first-order valence-electron chi connectivity index (χ1n) is 19.6. The van der Waals surface area contributed by atoms with Crippen LogP contribution in [0.25, 0.3) is 43.1 Å². The highest BCUT2D eigenvalue weighted by Crippen LogP contribution is 2.47. The fraction of sp³-hybridized carbons (Fsp3) is 0.250. The first kappa shape index (κ1) is 33.9. The molecule has 268 valence electrons. The summed E-state index contributed by atoms with van der Waals surface area (Å²) in [6.45, 7) is 4.40. The number of carbonyl (C=O) groups excluding carboxylic acids is 4. The summed E-state index contributed by atoms with van der Waals surface area (Å²) in [6.07, 6.45) is 11.4. The standard InChI is InChI=1S/C48H42N2O4/c1-3-5-7-9-11-29-13-17-31(18-14-29)49-45(51)37-25-21-33-35-23-27-39-44-40(28-24-36(42(35)44)34-22-26-38(46(49)52)43(37)41(33)34)48(54)50(47(39)53)32-19-15-30(16-20-32)12-10-8-6-4-2/h13-28H,3-12H2,1-2H3. The monoisotopic (exact) mass is 710 g/mol. The fourth-order valence-corrected chi connectivity index (χ4v) is 8.87. The van der Waals surface area contributed by atoms with Crippen LogP contribution in [0.15, 0.2) is 97.1 Å². The van der Waals surface area contributed by atoms with Gasteiger partial charge in [-0.15, -0.1) is 0 Å². The highest BCUT2D eigenvalue weighted by molar-refractivity contribution is 6.45. The molecule has 0 fully saturated rings. The van der Waals surface area contributed by atoms with E-state index in [-0.39, 0.29) is 23.6 Å². The third kappa shape index (κ3) is 5.22. The largest absolute Gasteiger partial charge is 0.268 e. The Morgan fingerprint density at radius 2 is 0.667 bits per heavy atom. The number of nitrogens with zero attached hydrogens (tertiary/aromatic N) is 2. The maximum atomic E-state index is 14.2. The van der Waals surface area contributed by atoms with Gasteiger partial charge in [0.15, 0.2) is 0 Å². The lowest BCUT2D eigenvalue weighted by atomic mass is 9.82. The van der Waals surface area contributed by atoms with Crippen LogP contribution in [-0.4, -0.2) is 23.6 Å². The second kappa shape index (κ2) is 13.5. The van der Waals surface area contributed by atoms with Crippen molar-refractivity contribution in [1.82, 2.24) is 0 Å². The lowest BCUT2D eigenvalue weighted by molar-refractivity contribution is 0.0877. The smallest absolute Gasteiger partial charge is 0.265 e. The number of fused-ring (bicyclic) bond motifs is 2. The number of aryl methyl sites for hydroxylation is 2. The predicted molar refractivity (Wildman–Crippen MR) is 219 cm³/mol. The van der Waals surface area contributed by atoms with Crippen molar-refractivity contribution in [3.05, 3.63) is 130 Å². The van der Waals surface area contributed by atoms with Gasteiger partial charge in [0.1, 0.15) is 0 Å². The van der Waals surface area contributed by atoms with Gasteiger partial charge in [0.05, 0.1) is 11.4 Å². The molecular formula is C48H42N2O4. The van der Waals surface area contributed by atoms with Gasteiger partial charge in [-0.2, -0.15) is 0 Å². The van der Waals surface area contributed by atoms with E-state index in [9.17, 15) is 19.2 Å². The van der Waals surface area contributed by atoms with E-state index in [2.05, 4.69) is 13.8 Å². The molecule has 7 aromatic carbocycles. The van der Waals surface area contributed by atoms with Crippen molar-refractivity contribution in [2.24, 2.45) is 0 Å². The van der Waals surface area contributed by atoms with Crippen LogP contribution in [0, 0.1) is 0 Å². The summed E-state index contributed by atoms with van der Waals surface area (Å²) in [5.41, 5.74) is 5.45. The molecule has 2 aliphatic rings. The number of hydrogen-bond acceptors (Lipinski definition) is 4. The second-order valence-electron chi connectivity index (χ2n) is 15.0. The molecule has 0 radical (unpaired) electrons. The molecule has 0 atom stereocenters. The van der Waals surface area contributed by atoms with Gasteiger partial charge in [-0.3, -0.25) is 19.2 Å². The molecule has 0 aromatic heterocycles. The van der Waals surface area contributed by atoms with Gasteiger partial charge in [-0.05, 0) is 118 Å². The van der Waals surface area contributed by atoms with E-state index in [1.807, 2.05) is 97.1 Å². The highest BCUT2D eigenvalue weighted by Gasteiger charge is 2.38. The van der Waals surface area contributed by atoms with E-state index < -0.39 is 0 Å². The molecule has 6 nitrogen and oxygen atoms in total. The molecule has 0 N–H and O–H groups in total. The maximum Gasteiger partial charge on any atom is 0.265 e. The minimum atomic E-state index is -0.344. The molecule has 7 aromatic rings. The number of rotatable bonds is 12. The van der Waals surface area contributed by atoms with Crippen LogP contribution < -0.4 is 9.80 Å². The van der Waals surface area contributed by atoms with Gasteiger partial charge in [0.25, 0.3) is 23.6 Å². The van der Waals surface area contributed by atoms with Gasteiger partial charge >= 0.3 is 0 Å². The quantitative estimate of drug-likeness (QED) is 0.0547. The molecule has 0 spiro atoms. The Bertz CT molecular complexity index is 2350. The molecule has 9 rings (SSSR count). The molecule has 2 heterocycles. The number of benzene rings is 7. The van der Waals surface area contributed by atoms with Crippen LogP contribution in [-0.2, 0) is 12.8 Å². The molecule has 0 aliphatic carbocycles. The average Bonchev–Trinajstić information content (AvgIpc) is 3.20. The average molecular weight is 711 g/mol. The van der Waals surface area contributed by atoms with E-state index in [0.29, 0.717) is 44.4 Å². The molecule has 54 heavy (non-hydrogen) atoms. The maximum absolute atomic E-state index is 14.2. The summed E-state index contributed by atoms with van der Waals surface area (Å²) in [7, 11) is 0. The normalized spacial score (nSPS) is 14.2. The zero-order valence-electron chi connectivity index (χ0n) is 30.8. The summed E-state index contributed by atoms with van der Waals surface area (Å²) in [5.74, 6) is -1.37. The lowest BCUT2D eigenvalue weighted by Crippen LogP contribution is -2.40. The van der Waals surface area contributed by atoms with Crippen LogP contribution >= 0.6 is 0 Å². The number of unbranched alkanes of at least 4 members (excludes halogenated alkanes) is 6. The van der Waals surface area contributed by atoms with E-state index in [0.717, 1.165) is 58.0 Å². The predicted octanol–water partition coefficient (Wildman–Crippen LogP) is 11.6. The molecule has 2 aliphatic heterocycles. The molecule has 0 saturated heterocycles. The van der Waals surface area contributed by atoms with E-state index >= 15 is 0 Å². The fourth-order valence-electron chi connectivity index (χ4n) is 8.87. The molecule has 6 heteroatoms. The van der Waals surface area contributed by atoms with Crippen molar-refractivity contribution in [3.63, 3.8) is 0 Å². The van der Waals surface area contributed by atoms with Crippen molar-refractivity contribution in [1.29, 1.82) is 0 Å². The van der Waals surface area contributed by atoms with Crippen molar-refractivity contribution in [2.45, 2.75) is 78.1 Å². The summed E-state index contributed by atoms with van der Waals surface area (Å²) in [4.78, 5) is 59.3. The Morgan fingerprint density at radius 3 is 0.963 bits per heavy atom. The minimum absolute atomic E-state index is 0.344. The van der Waals surface area contributed by atoms with Gasteiger partial charge < -0.3 is 0 Å². The molecule has 0 unspecified atom stereocenters. The van der Waals surface area contributed by atoms with Crippen molar-refractivity contribution in [3.8, 4) is 0 Å². The Kier molecular flexibility index (Phi) is 8.49. The summed E-state index contributed by atoms with van der Waals surface area (Å²) < 4.78 is 0. The van der Waals surface area contributed by atoms with Crippen LogP contribution in [0.2, 0.25) is 0 Å². The van der Waals surface area contributed by atoms with Crippen molar-refractivity contribution in [2.75, 3.05) is 9.80 Å². The number of amides is 4. The second-order valence-corrected chi connectivity index (χ2v) is 15.0. The third-order valence-electron chi connectivity index (χ3n) is 11.7. The first-order chi connectivity index (χ1) is 26.4.